The minimum absolute atomic E-state index is 0.00940. The Kier molecular flexibility index (Phi) is 11.0. The molecule has 0 bridgehead atoms. The van der Waals surface area contributed by atoms with Crippen LogP contribution in [0, 0.1) is 0 Å². The number of anilines is 3. The molecule has 2 atom stereocenters. The number of carbonyl (C=O) groups excluding carboxylic acids is 3. The molecule has 6 heterocycles. The fourth-order valence-electron chi connectivity index (χ4n) is 7.82. The molecule has 0 aliphatic carbocycles. The number of ether oxygens (including phenoxy) is 1. The lowest BCUT2D eigenvalue weighted by atomic mass is 10.0. The second-order valence-electron chi connectivity index (χ2n) is 14.5. The number of carbonyl (C=O) groups is 3. The van der Waals surface area contributed by atoms with Crippen molar-refractivity contribution < 1.29 is 19.1 Å². The van der Waals surface area contributed by atoms with Gasteiger partial charge in [-0.25, -0.2) is 9.78 Å². The number of amides is 4. The van der Waals surface area contributed by atoms with E-state index in [0.717, 1.165) is 74.0 Å². The summed E-state index contributed by atoms with van der Waals surface area (Å²) in [5.41, 5.74) is 9.77. The van der Waals surface area contributed by atoms with Gasteiger partial charge in [0.2, 0.25) is 11.8 Å². The van der Waals surface area contributed by atoms with Crippen molar-refractivity contribution in [1.29, 1.82) is 0 Å². The molecular weight excluding hydrogens is 694 g/mol. The number of fused-ring (bicyclic) bond motifs is 1. The Labute approximate surface area is 315 Å². The molecule has 3 fully saturated rings. The van der Waals surface area contributed by atoms with Gasteiger partial charge in [0.15, 0.2) is 0 Å². The van der Waals surface area contributed by atoms with Crippen LogP contribution in [-0.2, 0) is 4.79 Å². The van der Waals surface area contributed by atoms with Crippen molar-refractivity contribution in [3.63, 3.8) is 0 Å². The Morgan fingerprint density at radius 2 is 1.81 bits per heavy atom. The van der Waals surface area contributed by atoms with Crippen LogP contribution in [0.5, 0.6) is 5.88 Å². The number of nitrogen functional groups attached to an aromatic ring is 1. The number of hydrogen-bond acceptors (Lipinski definition) is 9. The van der Waals surface area contributed by atoms with Gasteiger partial charge in [-0.2, -0.15) is 0 Å². The lowest BCUT2D eigenvalue weighted by Crippen LogP contribution is -2.58. The van der Waals surface area contributed by atoms with E-state index < -0.39 is 6.03 Å². The van der Waals surface area contributed by atoms with Crippen LogP contribution in [0.1, 0.15) is 68.8 Å². The summed E-state index contributed by atoms with van der Waals surface area (Å²) in [5, 5.41) is 3.92. The van der Waals surface area contributed by atoms with Crippen molar-refractivity contribution in [2.24, 2.45) is 0 Å². The molecule has 3 aliphatic rings. The summed E-state index contributed by atoms with van der Waals surface area (Å²) in [4.78, 5) is 54.8. The number of likely N-dealkylation sites (tertiary alicyclic amines) is 1. The molecular formula is C39H48ClN9O4. The van der Waals surface area contributed by atoms with Gasteiger partial charge in [0, 0.05) is 86.8 Å². The summed E-state index contributed by atoms with van der Waals surface area (Å²) in [6.45, 7) is 9.52. The van der Waals surface area contributed by atoms with E-state index in [1.54, 1.807) is 29.4 Å². The predicted molar refractivity (Wildman–Crippen MR) is 207 cm³/mol. The van der Waals surface area contributed by atoms with Crippen LogP contribution in [0.2, 0.25) is 5.02 Å². The van der Waals surface area contributed by atoms with E-state index in [0.29, 0.717) is 54.4 Å². The number of urea groups is 1. The molecule has 0 spiro atoms. The van der Waals surface area contributed by atoms with Crippen LogP contribution in [0.4, 0.5) is 21.9 Å². The van der Waals surface area contributed by atoms with E-state index in [1.807, 2.05) is 29.3 Å². The molecule has 3 aliphatic heterocycles. The molecule has 3 N–H and O–H groups in total. The first-order valence-corrected chi connectivity index (χ1v) is 19.0. The van der Waals surface area contributed by atoms with Crippen molar-refractivity contribution in [1.82, 2.24) is 29.7 Å². The second kappa shape index (κ2) is 16.0. The van der Waals surface area contributed by atoms with Crippen molar-refractivity contribution in [2.45, 2.75) is 70.5 Å². The molecule has 7 rings (SSSR count). The Morgan fingerprint density at radius 3 is 2.57 bits per heavy atom. The third-order valence-corrected chi connectivity index (χ3v) is 11.2. The quantitative estimate of drug-likeness (QED) is 0.145. The van der Waals surface area contributed by atoms with Gasteiger partial charge in [0.05, 0.1) is 46.5 Å². The van der Waals surface area contributed by atoms with E-state index in [2.05, 4.69) is 55.8 Å². The molecule has 4 amide bonds. The van der Waals surface area contributed by atoms with Crippen LogP contribution < -0.4 is 25.6 Å². The highest BCUT2D eigenvalue weighted by Gasteiger charge is 2.33. The third kappa shape index (κ3) is 8.06. The number of piperazine rings is 1. The predicted octanol–water partition coefficient (Wildman–Crippen LogP) is 5.74. The highest BCUT2D eigenvalue weighted by molar-refractivity contribution is 6.33. The number of piperidine rings is 1. The zero-order valence-electron chi connectivity index (χ0n) is 30.4. The number of halogens is 1. The Morgan fingerprint density at radius 1 is 0.981 bits per heavy atom. The molecule has 4 aromatic rings. The third-order valence-electron chi connectivity index (χ3n) is 10.8. The zero-order valence-corrected chi connectivity index (χ0v) is 31.2. The van der Waals surface area contributed by atoms with Crippen molar-refractivity contribution in [3.8, 4) is 5.88 Å². The minimum atomic E-state index is -0.393. The average molecular weight is 742 g/mol. The maximum Gasteiger partial charge on any atom is 0.328 e. The molecule has 280 valence electrons. The van der Waals surface area contributed by atoms with Gasteiger partial charge in [-0.15, -0.1) is 0 Å². The van der Waals surface area contributed by atoms with E-state index >= 15 is 0 Å². The van der Waals surface area contributed by atoms with Gasteiger partial charge in [0.1, 0.15) is 0 Å². The summed E-state index contributed by atoms with van der Waals surface area (Å²) in [6.07, 6.45) is 12.8. The summed E-state index contributed by atoms with van der Waals surface area (Å²) in [6, 6.07) is 11.4. The fourth-order valence-corrected chi connectivity index (χ4v) is 8.00. The van der Waals surface area contributed by atoms with Gasteiger partial charge in [-0.05, 0) is 82.8 Å². The molecule has 0 unspecified atom stereocenters. The second-order valence-corrected chi connectivity index (χ2v) is 14.9. The molecule has 14 heteroatoms. The molecule has 3 aromatic heterocycles. The number of pyridine rings is 2. The number of nitrogens with one attached hydrogen (secondary N) is 1. The first kappa shape index (κ1) is 36.5. The maximum absolute atomic E-state index is 13.4. The van der Waals surface area contributed by atoms with Crippen molar-refractivity contribution in [3.05, 3.63) is 71.8 Å². The van der Waals surface area contributed by atoms with Crippen LogP contribution >= 0.6 is 11.6 Å². The van der Waals surface area contributed by atoms with Crippen molar-refractivity contribution in [2.75, 3.05) is 61.4 Å². The number of rotatable bonds is 11. The molecule has 3 saturated heterocycles. The summed E-state index contributed by atoms with van der Waals surface area (Å²) >= 11 is 6.28. The van der Waals surface area contributed by atoms with Crippen molar-refractivity contribution >= 4 is 57.4 Å². The standard InChI is InChI=1S/C39H48ClN9O4/c1-26-25-49(27(2)24-48(26)30-7-8-33(41)32(40)20-30)38(51)28-6-9-37(43-21-28)53-19-5-3-4-14-45-15-10-29(11-16-45)46-17-12-31-34(46)22-42-23-35(31)47-18-13-36(50)44-39(47)52/h6-9,12,17,20-23,26-27,29H,3-5,10-11,13-16,18-19,24-25,41H2,1-2H3,(H,44,50,52)/t26-,27+/m0/s1. The van der Waals surface area contributed by atoms with Gasteiger partial charge >= 0.3 is 6.03 Å². The molecule has 13 nitrogen and oxygen atoms in total. The number of benzene rings is 1. The van der Waals surface area contributed by atoms with E-state index in [4.69, 9.17) is 22.1 Å². The maximum atomic E-state index is 13.4. The molecule has 0 radical (unpaired) electrons. The monoisotopic (exact) mass is 741 g/mol. The zero-order chi connectivity index (χ0) is 37.1. The largest absolute Gasteiger partial charge is 0.478 e. The van der Waals surface area contributed by atoms with Crippen LogP contribution in [0.15, 0.2) is 61.2 Å². The van der Waals surface area contributed by atoms with E-state index in [1.165, 1.54) is 0 Å². The van der Waals surface area contributed by atoms with Crippen LogP contribution in [0.3, 0.4) is 0 Å². The fraction of sp³-hybridized carbons (Fsp3) is 0.462. The summed E-state index contributed by atoms with van der Waals surface area (Å²) in [5.74, 6) is 0.259. The number of nitrogens with zero attached hydrogens (tertiary/aromatic N) is 7. The Hall–Kier alpha value is -4.88. The first-order valence-electron chi connectivity index (χ1n) is 18.7. The highest BCUT2D eigenvalue weighted by atomic mass is 35.5. The van der Waals surface area contributed by atoms with Gasteiger partial charge < -0.3 is 29.7 Å². The Balaban J connectivity index is 0.811. The number of hydrogen-bond donors (Lipinski definition) is 2. The topological polar surface area (TPSA) is 142 Å². The van der Waals surface area contributed by atoms with Gasteiger partial charge in [-0.3, -0.25) is 24.8 Å². The molecule has 53 heavy (non-hydrogen) atoms. The highest BCUT2D eigenvalue weighted by Crippen LogP contribution is 2.33. The van der Waals surface area contributed by atoms with E-state index in [-0.39, 0.29) is 30.3 Å². The summed E-state index contributed by atoms with van der Waals surface area (Å²) < 4.78 is 8.22. The molecule has 1 aromatic carbocycles. The minimum Gasteiger partial charge on any atom is -0.478 e. The molecule has 0 saturated carbocycles. The van der Waals surface area contributed by atoms with E-state index in [9.17, 15) is 14.4 Å². The summed E-state index contributed by atoms with van der Waals surface area (Å²) in [7, 11) is 0. The number of nitrogens with two attached hydrogens (primary N) is 1. The number of unbranched alkanes of at least 4 members (excludes halogenated alkanes) is 2. The lowest BCUT2D eigenvalue weighted by molar-refractivity contribution is -0.120. The number of aromatic nitrogens is 3. The van der Waals surface area contributed by atoms with Crippen LogP contribution in [-0.4, -0.2) is 100 Å². The first-order chi connectivity index (χ1) is 25.7. The SMILES string of the molecule is C[C@@H]1CN(c2ccc(N)c(Cl)c2)[C@@H](C)CN1C(=O)c1ccc(OCCCCCN2CCC(n3ccc4c(N5CCC(=O)NC5=O)cncc43)CC2)nc1. The Bertz CT molecular complexity index is 1940. The number of imide groups is 1. The lowest BCUT2D eigenvalue weighted by Gasteiger charge is -2.45. The average Bonchev–Trinajstić information content (AvgIpc) is 3.60. The smallest absolute Gasteiger partial charge is 0.328 e. The van der Waals surface area contributed by atoms with Crippen LogP contribution in [0.25, 0.3) is 10.9 Å². The van der Waals surface area contributed by atoms with Gasteiger partial charge in [0.25, 0.3) is 5.91 Å². The normalized spacial score (nSPS) is 20.2. The van der Waals surface area contributed by atoms with Gasteiger partial charge in [-0.1, -0.05) is 11.6 Å².